The van der Waals surface area contributed by atoms with Gasteiger partial charge in [-0.15, -0.1) is 0 Å². The van der Waals surface area contributed by atoms with Gasteiger partial charge in [0, 0.05) is 18.7 Å². The first-order chi connectivity index (χ1) is 13.3. The first-order valence-corrected chi connectivity index (χ1v) is 9.64. The van der Waals surface area contributed by atoms with Crippen molar-refractivity contribution < 1.29 is 19.2 Å². The average Bonchev–Trinajstić information content (AvgIpc) is 2.92. The lowest BCUT2D eigenvalue weighted by atomic mass is 9.93. The van der Waals surface area contributed by atoms with E-state index in [2.05, 4.69) is 16.0 Å². The third-order valence-corrected chi connectivity index (χ3v) is 4.96. The molecule has 1 aromatic carbocycles. The van der Waals surface area contributed by atoms with E-state index < -0.39 is 17.5 Å². The molecule has 1 heterocycles. The molecule has 0 aromatic heterocycles. The molecule has 1 aliphatic rings. The van der Waals surface area contributed by atoms with Gasteiger partial charge in [-0.05, 0) is 37.0 Å². The van der Waals surface area contributed by atoms with Gasteiger partial charge in [0.15, 0.2) is 0 Å². The van der Waals surface area contributed by atoms with Gasteiger partial charge in [0.1, 0.15) is 12.1 Å². The van der Waals surface area contributed by atoms with E-state index >= 15 is 0 Å². The highest BCUT2D eigenvalue weighted by molar-refractivity contribution is 6.09. The molecule has 0 spiro atoms. The summed E-state index contributed by atoms with van der Waals surface area (Å²) in [5.74, 6) is -0.802. The minimum atomic E-state index is -0.907. The van der Waals surface area contributed by atoms with Crippen LogP contribution < -0.4 is 16.0 Å². The van der Waals surface area contributed by atoms with Crippen LogP contribution in [0.2, 0.25) is 0 Å². The van der Waals surface area contributed by atoms with Gasteiger partial charge in [0.2, 0.25) is 11.8 Å². The monoisotopic (exact) mass is 388 g/mol. The Bertz CT molecular complexity index is 741. The van der Waals surface area contributed by atoms with Crippen LogP contribution in [0.5, 0.6) is 0 Å². The predicted molar refractivity (Wildman–Crippen MR) is 105 cm³/mol. The molecule has 3 N–H and O–H groups in total. The number of anilines is 1. The third-order valence-electron chi connectivity index (χ3n) is 4.96. The number of rotatable bonds is 9. The molecule has 1 aliphatic heterocycles. The van der Waals surface area contributed by atoms with E-state index in [0.717, 1.165) is 16.9 Å². The van der Waals surface area contributed by atoms with E-state index in [4.69, 9.17) is 0 Å². The molecule has 152 valence electrons. The standard InChI is InChI=1S/C20H28N4O4/c1-4-7-16(25)22-15-10-8-14(9-11-15)12-21-17(26)13-24-18(27)20(5-2,6-3)23-19(24)28/h8-11H,4-7,12-13H2,1-3H3,(H,21,26)(H,22,25)(H,23,28). The topological polar surface area (TPSA) is 108 Å². The maximum atomic E-state index is 12.5. The Hall–Kier alpha value is -2.90. The van der Waals surface area contributed by atoms with Crippen molar-refractivity contribution in [2.45, 2.75) is 58.5 Å². The van der Waals surface area contributed by atoms with Gasteiger partial charge in [-0.2, -0.15) is 0 Å². The summed E-state index contributed by atoms with van der Waals surface area (Å²) in [5, 5.41) is 8.21. The molecule has 1 fully saturated rings. The number of imide groups is 1. The lowest BCUT2D eigenvalue weighted by Gasteiger charge is -2.23. The van der Waals surface area contributed by atoms with Crippen LogP contribution in [0.15, 0.2) is 24.3 Å². The average molecular weight is 388 g/mol. The molecule has 8 heteroatoms. The van der Waals surface area contributed by atoms with Crippen LogP contribution >= 0.6 is 0 Å². The minimum Gasteiger partial charge on any atom is -0.350 e. The highest BCUT2D eigenvalue weighted by Crippen LogP contribution is 2.24. The summed E-state index contributed by atoms with van der Waals surface area (Å²) in [6.07, 6.45) is 2.21. The van der Waals surface area contributed by atoms with Gasteiger partial charge < -0.3 is 16.0 Å². The van der Waals surface area contributed by atoms with Crippen LogP contribution in [0.1, 0.15) is 52.0 Å². The Balaban J connectivity index is 1.86. The fourth-order valence-corrected chi connectivity index (χ4v) is 3.11. The van der Waals surface area contributed by atoms with Gasteiger partial charge in [-0.25, -0.2) is 4.79 Å². The van der Waals surface area contributed by atoms with Crippen molar-refractivity contribution in [2.75, 3.05) is 11.9 Å². The van der Waals surface area contributed by atoms with Crippen molar-refractivity contribution in [1.82, 2.24) is 15.5 Å². The van der Waals surface area contributed by atoms with E-state index in [1.54, 1.807) is 24.3 Å². The number of hydrogen-bond donors (Lipinski definition) is 3. The number of benzene rings is 1. The Morgan fingerprint density at radius 2 is 1.68 bits per heavy atom. The Morgan fingerprint density at radius 3 is 2.21 bits per heavy atom. The number of nitrogens with one attached hydrogen (secondary N) is 3. The molecule has 1 aromatic rings. The number of carbonyl (C=O) groups is 4. The van der Waals surface area contributed by atoms with Crippen molar-refractivity contribution >= 4 is 29.4 Å². The zero-order valence-electron chi connectivity index (χ0n) is 16.6. The quantitative estimate of drug-likeness (QED) is 0.563. The summed E-state index contributed by atoms with van der Waals surface area (Å²) in [6.45, 7) is 5.56. The number of urea groups is 1. The van der Waals surface area contributed by atoms with Gasteiger partial charge in [-0.1, -0.05) is 32.9 Å². The van der Waals surface area contributed by atoms with Crippen molar-refractivity contribution in [1.29, 1.82) is 0 Å². The normalized spacial score (nSPS) is 15.3. The molecule has 0 saturated carbocycles. The lowest BCUT2D eigenvalue weighted by Crippen LogP contribution is -2.46. The molecule has 1 saturated heterocycles. The molecule has 8 nitrogen and oxygen atoms in total. The summed E-state index contributed by atoms with van der Waals surface area (Å²) in [6, 6.07) is 6.60. The Kier molecular flexibility index (Phi) is 7.14. The Morgan fingerprint density at radius 1 is 1.04 bits per heavy atom. The van der Waals surface area contributed by atoms with Crippen molar-refractivity contribution in [3.63, 3.8) is 0 Å². The van der Waals surface area contributed by atoms with Crippen LogP contribution in [0.3, 0.4) is 0 Å². The number of nitrogens with zero attached hydrogens (tertiary/aromatic N) is 1. The van der Waals surface area contributed by atoms with Crippen LogP contribution in [0.25, 0.3) is 0 Å². The van der Waals surface area contributed by atoms with Crippen LogP contribution in [0, 0.1) is 0 Å². The summed E-state index contributed by atoms with van der Waals surface area (Å²) in [4.78, 5) is 49.3. The van der Waals surface area contributed by atoms with Crippen LogP contribution in [-0.2, 0) is 20.9 Å². The second-order valence-electron chi connectivity index (χ2n) is 6.88. The fraction of sp³-hybridized carbons (Fsp3) is 0.500. The molecule has 28 heavy (non-hydrogen) atoms. The summed E-state index contributed by atoms with van der Waals surface area (Å²) in [5.41, 5.74) is 0.633. The van der Waals surface area contributed by atoms with Crippen LogP contribution in [-0.4, -0.2) is 40.7 Å². The number of carbonyl (C=O) groups excluding carboxylic acids is 4. The summed E-state index contributed by atoms with van der Waals surface area (Å²) < 4.78 is 0. The first kappa shape index (κ1) is 21.4. The molecule has 0 bridgehead atoms. The zero-order valence-corrected chi connectivity index (χ0v) is 16.6. The van der Waals surface area contributed by atoms with Crippen molar-refractivity contribution in [3.05, 3.63) is 29.8 Å². The van der Waals surface area contributed by atoms with E-state index in [0.29, 0.717) is 24.9 Å². The van der Waals surface area contributed by atoms with Crippen molar-refractivity contribution in [3.8, 4) is 0 Å². The molecular formula is C20H28N4O4. The summed E-state index contributed by atoms with van der Waals surface area (Å²) >= 11 is 0. The highest BCUT2D eigenvalue weighted by Gasteiger charge is 2.49. The second kappa shape index (κ2) is 9.34. The van der Waals surface area contributed by atoms with Gasteiger partial charge >= 0.3 is 6.03 Å². The molecule has 5 amide bonds. The smallest absolute Gasteiger partial charge is 0.325 e. The maximum Gasteiger partial charge on any atom is 0.325 e. The predicted octanol–water partition coefficient (Wildman–Crippen LogP) is 2.15. The zero-order chi connectivity index (χ0) is 20.7. The van der Waals surface area contributed by atoms with Gasteiger partial charge in [0.25, 0.3) is 5.91 Å². The maximum absolute atomic E-state index is 12.5. The molecule has 0 atom stereocenters. The SMILES string of the molecule is CCCC(=O)Nc1ccc(CNC(=O)CN2C(=O)NC(CC)(CC)C2=O)cc1. The van der Waals surface area contributed by atoms with E-state index in [-0.39, 0.29) is 24.9 Å². The van der Waals surface area contributed by atoms with Gasteiger partial charge in [-0.3, -0.25) is 19.3 Å². The summed E-state index contributed by atoms with van der Waals surface area (Å²) in [7, 11) is 0. The first-order valence-electron chi connectivity index (χ1n) is 9.64. The van der Waals surface area contributed by atoms with Crippen LogP contribution in [0.4, 0.5) is 10.5 Å². The fourth-order valence-electron chi connectivity index (χ4n) is 3.11. The number of hydrogen-bond acceptors (Lipinski definition) is 4. The third kappa shape index (κ3) is 4.88. The molecular weight excluding hydrogens is 360 g/mol. The molecule has 0 unspecified atom stereocenters. The molecule has 0 aliphatic carbocycles. The Labute approximate surface area is 165 Å². The molecule has 0 radical (unpaired) electrons. The number of amides is 5. The van der Waals surface area contributed by atoms with E-state index in [1.807, 2.05) is 20.8 Å². The van der Waals surface area contributed by atoms with E-state index in [9.17, 15) is 19.2 Å². The van der Waals surface area contributed by atoms with Gasteiger partial charge in [0.05, 0.1) is 0 Å². The van der Waals surface area contributed by atoms with E-state index in [1.165, 1.54) is 0 Å². The van der Waals surface area contributed by atoms with Crippen molar-refractivity contribution in [2.24, 2.45) is 0 Å². The highest BCUT2D eigenvalue weighted by atomic mass is 16.2. The minimum absolute atomic E-state index is 0.0349. The second-order valence-corrected chi connectivity index (χ2v) is 6.88. The lowest BCUT2D eigenvalue weighted by molar-refractivity contribution is -0.135. The largest absolute Gasteiger partial charge is 0.350 e. The molecule has 2 rings (SSSR count).